The molecule has 0 spiro atoms. The summed E-state index contributed by atoms with van der Waals surface area (Å²) in [6.45, 7) is 0. The summed E-state index contributed by atoms with van der Waals surface area (Å²) < 4.78 is 13.7. The summed E-state index contributed by atoms with van der Waals surface area (Å²) >= 11 is 3.04. The highest BCUT2D eigenvalue weighted by Gasteiger charge is 2.04. The molecule has 1 heterocycles. The van der Waals surface area contributed by atoms with Gasteiger partial charge in [-0.15, -0.1) is 0 Å². The second-order valence-corrected chi connectivity index (χ2v) is 3.50. The first-order valence-electron chi connectivity index (χ1n) is 3.65. The lowest BCUT2D eigenvalue weighted by molar-refractivity contribution is 0.630. The number of fused-ring (bicyclic) bond motifs is 1. The average Bonchev–Trinajstić information content (AvgIpc) is 2.12. The number of benzene rings is 1. The van der Waals surface area contributed by atoms with Crippen LogP contribution >= 0.6 is 15.9 Å². The molecule has 0 fully saturated rings. The zero-order chi connectivity index (χ0) is 9.42. The van der Waals surface area contributed by atoms with Gasteiger partial charge in [-0.1, -0.05) is 6.07 Å². The molecule has 0 aliphatic heterocycles. The third-order valence-corrected chi connectivity index (χ3v) is 2.40. The highest BCUT2D eigenvalue weighted by atomic mass is 79.9. The lowest BCUT2D eigenvalue weighted by Crippen LogP contribution is -2.03. The molecular formula is C9H5BrFNO. The Bertz CT molecular complexity index is 520. The maximum atomic E-state index is 13.4. The Labute approximate surface area is 81.5 Å². The van der Waals surface area contributed by atoms with Crippen LogP contribution in [-0.4, -0.2) is 4.98 Å². The van der Waals surface area contributed by atoms with E-state index in [9.17, 15) is 9.18 Å². The Kier molecular flexibility index (Phi) is 1.92. The van der Waals surface area contributed by atoms with Gasteiger partial charge in [0.25, 0.3) is 0 Å². The first kappa shape index (κ1) is 8.44. The van der Waals surface area contributed by atoms with Crippen LogP contribution in [0.2, 0.25) is 0 Å². The van der Waals surface area contributed by atoms with E-state index in [2.05, 4.69) is 20.9 Å². The number of aromatic nitrogens is 1. The second kappa shape index (κ2) is 2.96. The van der Waals surface area contributed by atoms with Crippen molar-refractivity contribution >= 4 is 26.8 Å². The van der Waals surface area contributed by atoms with Crippen LogP contribution in [0.15, 0.2) is 33.5 Å². The van der Waals surface area contributed by atoms with Gasteiger partial charge < -0.3 is 4.98 Å². The summed E-state index contributed by atoms with van der Waals surface area (Å²) in [4.78, 5) is 13.3. The number of hydrogen-bond donors (Lipinski definition) is 1. The summed E-state index contributed by atoms with van der Waals surface area (Å²) in [6, 6.07) is 6.30. The molecule has 2 nitrogen and oxygen atoms in total. The third kappa shape index (κ3) is 1.37. The van der Waals surface area contributed by atoms with Gasteiger partial charge in [-0.25, -0.2) is 4.39 Å². The van der Waals surface area contributed by atoms with E-state index in [0.29, 0.717) is 9.86 Å². The summed E-state index contributed by atoms with van der Waals surface area (Å²) in [5, 5.41) is 0.681. The predicted molar refractivity (Wildman–Crippen MR) is 52.2 cm³/mol. The number of nitrogens with one attached hydrogen (secondary N) is 1. The Morgan fingerprint density at radius 1 is 1.23 bits per heavy atom. The van der Waals surface area contributed by atoms with Crippen LogP contribution in [0, 0.1) is 5.82 Å². The SMILES string of the molecule is O=c1ccc2ccc(Br)c(F)c2[nH]1. The van der Waals surface area contributed by atoms with Gasteiger partial charge in [0, 0.05) is 11.5 Å². The molecule has 1 N–H and O–H groups in total. The fraction of sp³-hybridized carbons (Fsp3) is 0. The highest BCUT2D eigenvalue weighted by molar-refractivity contribution is 9.10. The van der Waals surface area contributed by atoms with E-state index in [-0.39, 0.29) is 11.1 Å². The summed E-state index contributed by atoms with van der Waals surface area (Å²) in [5.74, 6) is -0.435. The Hall–Kier alpha value is -1.16. The average molecular weight is 242 g/mol. The van der Waals surface area contributed by atoms with Gasteiger partial charge in [0.2, 0.25) is 5.56 Å². The van der Waals surface area contributed by atoms with E-state index in [1.807, 2.05) is 0 Å². The molecule has 0 radical (unpaired) electrons. The van der Waals surface area contributed by atoms with Crippen molar-refractivity contribution in [3.05, 3.63) is 44.9 Å². The van der Waals surface area contributed by atoms with Crippen LogP contribution in [0.5, 0.6) is 0 Å². The standard InChI is InChI=1S/C9H5BrFNO/c10-6-3-1-5-2-4-7(13)12-9(5)8(6)11/h1-4H,(H,12,13). The largest absolute Gasteiger partial charge is 0.319 e. The van der Waals surface area contributed by atoms with Crippen molar-refractivity contribution < 1.29 is 4.39 Å². The Morgan fingerprint density at radius 3 is 2.69 bits per heavy atom. The van der Waals surface area contributed by atoms with Gasteiger partial charge in [-0.3, -0.25) is 4.79 Å². The van der Waals surface area contributed by atoms with Gasteiger partial charge in [0.1, 0.15) is 0 Å². The van der Waals surface area contributed by atoms with Crippen molar-refractivity contribution in [3.63, 3.8) is 0 Å². The lowest BCUT2D eigenvalue weighted by Gasteiger charge is -1.99. The molecule has 4 heteroatoms. The van der Waals surface area contributed by atoms with Crippen molar-refractivity contribution in [2.45, 2.75) is 0 Å². The minimum Gasteiger partial charge on any atom is -0.319 e. The zero-order valence-electron chi connectivity index (χ0n) is 6.47. The molecule has 0 aliphatic carbocycles. The third-order valence-electron chi connectivity index (χ3n) is 1.79. The number of rotatable bonds is 0. The molecule has 0 amide bonds. The molecule has 66 valence electrons. The maximum absolute atomic E-state index is 13.4. The Balaban J connectivity index is 2.97. The molecule has 2 aromatic rings. The van der Waals surface area contributed by atoms with Gasteiger partial charge in [-0.2, -0.15) is 0 Å². The number of pyridine rings is 1. The van der Waals surface area contributed by atoms with Crippen molar-refractivity contribution in [1.29, 1.82) is 0 Å². The quantitative estimate of drug-likeness (QED) is 0.756. The molecule has 0 unspecified atom stereocenters. The fourth-order valence-electron chi connectivity index (χ4n) is 1.16. The van der Waals surface area contributed by atoms with Crippen LogP contribution < -0.4 is 5.56 Å². The van der Waals surface area contributed by atoms with Gasteiger partial charge >= 0.3 is 0 Å². The van der Waals surface area contributed by atoms with Crippen LogP contribution in [-0.2, 0) is 0 Å². The predicted octanol–water partition coefficient (Wildman–Crippen LogP) is 2.43. The minimum absolute atomic E-state index is 0.238. The maximum Gasteiger partial charge on any atom is 0.248 e. The zero-order valence-corrected chi connectivity index (χ0v) is 8.06. The van der Waals surface area contributed by atoms with Crippen molar-refractivity contribution in [2.75, 3.05) is 0 Å². The smallest absolute Gasteiger partial charge is 0.248 e. The molecule has 1 aromatic carbocycles. The van der Waals surface area contributed by atoms with E-state index < -0.39 is 5.82 Å². The normalized spacial score (nSPS) is 10.6. The lowest BCUT2D eigenvalue weighted by atomic mass is 10.2. The topological polar surface area (TPSA) is 32.9 Å². The summed E-state index contributed by atoms with van der Waals surface area (Å²) in [5.41, 5.74) is -0.0635. The number of halogens is 2. The van der Waals surface area contributed by atoms with E-state index >= 15 is 0 Å². The molecule has 1 aromatic heterocycles. The van der Waals surface area contributed by atoms with Gasteiger partial charge in [0.05, 0.1) is 9.99 Å². The number of hydrogen-bond acceptors (Lipinski definition) is 1. The van der Waals surface area contributed by atoms with Gasteiger partial charge in [-0.05, 0) is 28.1 Å². The van der Waals surface area contributed by atoms with E-state index in [1.165, 1.54) is 6.07 Å². The summed E-state index contributed by atoms with van der Waals surface area (Å²) in [6.07, 6.45) is 0. The molecular weight excluding hydrogens is 237 g/mol. The fourth-order valence-corrected chi connectivity index (χ4v) is 1.49. The van der Waals surface area contributed by atoms with E-state index in [4.69, 9.17) is 0 Å². The van der Waals surface area contributed by atoms with Gasteiger partial charge in [0.15, 0.2) is 5.82 Å². The number of aromatic amines is 1. The highest BCUT2D eigenvalue weighted by Crippen LogP contribution is 2.21. The van der Waals surface area contributed by atoms with E-state index in [0.717, 1.165) is 0 Å². The van der Waals surface area contributed by atoms with Crippen molar-refractivity contribution in [2.24, 2.45) is 0 Å². The second-order valence-electron chi connectivity index (χ2n) is 2.65. The Morgan fingerprint density at radius 2 is 1.92 bits per heavy atom. The van der Waals surface area contributed by atoms with Crippen LogP contribution in [0.1, 0.15) is 0 Å². The first-order chi connectivity index (χ1) is 6.18. The molecule has 0 atom stereocenters. The van der Waals surface area contributed by atoms with E-state index in [1.54, 1.807) is 18.2 Å². The van der Waals surface area contributed by atoms with Crippen molar-refractivity contribution in [1.82, 2.24) is 4.98 Å². The molecule has 2 rings (SSSR count). The monoisotopic (exact) mass is 241 g/mol. The summed E-state index contributed by atoms with van der Waals surface area (Å²) in [7, 11) is 0. The molecule has 13 heavy (non-hydrogen) atoms. The van der Waals surface area contributed by atoms with Crippen molar-refractivity contribution in [3.8, 4) is 0 Å². The molecule has 0 saturated heterocycles. The number of H-pyrrole nitrogens is 1. The molecule has 0 bridgehead atoms. The van der Waals surface area contributed by atoms with Crippen LogP contribution in [0.25, 0.3) is 10.9 Å². The van der Waals surface area contributed by atoms with Crippen LogP contribution in [0.3, 0.4) is 0 Å². The molecule has 0 saturated carbocycles. The molecule has 0 aliphatic rings. The minimum atomic E-state index is -0.435. The van der Waals surface area contributed by atoms with Crippen LogP contribution in [0.4, 0.5) is 4.39 Å². The first-order valence-corrected chi connectivity index (χ1v) is 4.45.